The van der Waals surface area contributed by atoms with E-state index in [2.05, 4.69) is 4.72 Å². The van der Waals surface area contributed by atoms with Crippen molar-refractivity contribution in [3.05, 3.63) is 57.5 Å². The molecular weight excluding hydrogens is 418 g/mol. The standard InChI is InChI=1S/C22H29N3O5S/c1-15-12-19(30-4)20(13-16(15)2)31(28,29)23-14-17-7-10-25(11-8-17)22(27)18-6-5-9-24(3)21(18)26/h5-6,9,12-13,17,23H,7-8,10-11,14H2,1-4H3. The SMILES string of the molecule is COc1cc(C)c(C)cc1S(=O)(=O)NCC1CCN(C(=O)c2cccn(C)c2=O)CC1. The maximum atomic E-state index is 12.9. The van der Waals surface area contributed by atoms with Gasteiger partial charge in [-0.15, -0.1) is 0 Å². The highest BCUT2D eigenvalue weighted by Crippen LogP contribution is 2.27. The van der Waals surface area contributed by atoms with Gasteiger partial charge in [-0.3, -0.25) is 9.59 Å². The van der Waals surface area contributed by atoms with Gasteiger partial charge in [-0.1, -0.05) is 0 Å². The van der Waals surface area contributed by atoms with Crippen molar-refractivity contribution in [2.24, 2.45) is 13.0 Å². The topological polar surface area (TPSA) is 97.7 Å². The summed E-state index contributed by atoms with van der Waals surface area (Å²) in [4.78, 5) is 26.7. The van der Waals surface area contributed by atoms with Crippen molar-refractivity contribution < 1.29 is 17.9 Å². The van der Waals surface area contributed by atoms with E-state index in [4.69, 9.17) is 4.74 Å². The van der Waals surface area contributed by atoms with Gasteiger partial charge < -0.3 is 14.2 Å². The van der Waals surface area contributed by atoms with Gasteiger partial charge in [0.25, 0.3) is 11.5 Å². The molecule has 31 heavy (non-hydrogen) atoms. The van der Waals surface area contributed by atoms with Gasteiger partial charge in [-0.25, -0.2) is 13.1 Å². The van der Waals surface area contributed by atoms with Crippen LogP contribution in [-0.4, -0.2) is 50.5 Å². The van der Waals surface area contributed by atoms with E-state index in [-0.39, 0.29) is 34.4 Å². The third-order valence-electron chi connectivity index (χ3n) is 5.89. The monoisotopic (exact) mass is 447 g/mol. The van der Waals surface area contributed by atoms with Crippen molar-refractivity contribution in [2.45, 2.75) is 31.6 Å². The summed E-state index contributed by atoms with van der Waals surface area (Å²) in [6, 6.07) is 6.57. The van der Waals surface area contributed by atoms with Crippen LogP contribution in [0, 0.1) is 19.8 Å². The first-order valence-corrected chi connectivity index (χ1v) is 11.7. The lowest BCUT2D eigenvalue weighted by Crippen LogP contribution is -2.43. The predicted octanol–water partition coefficient (Wildman–Crippen LogP) is 1.84. The van der Waals surface area contributed by atoms with E-state index in [0.29, 0.717) is 31.7 Å². The first-order valence-electron chi connectivity index (χ1n) is 10.2. The number of aryl methyl sites for hydroxylation is 3. The molecule has 8 nitrogen and oxygen atoms in total. The molecule has 0 spiro atoms. The normalized spacial score (nSPS) is 15.2. The molecule has 0 atom stereocenters. The minimum atomic E-state index is -3.72. The number of hydrogen-bond acceptors (Lipinski definition) is 5. The second kappa shape index (κ2) is 9.23. The minimum absolute atomic E-state index is 0.106. The molecule has 1 N–H and O–H groups in total. The molecule has 1 aliphatic rings. The fourth-order valence-electron chi connectivity index (χ4n) is 3.71. The fourth-order valence-corrected chi connectivity index (χ4v) is 5.06. The number of pyridine rings is 1. The summed E-state index contributed by atoms with van der Waals surface area (Å²) < 4.78 is 35.1. The predicted molar refractivity (Wildman–Crippen MR) is 118 cm³/mol. The number of piperidine rings is 1. The summed E-state index contributed by atoms with van der Waals surface area (Å²) in [5, 5.41) is 0. The van der Waals surface area contributed by atoms with Crippen LogP contribution in [-0.2, 0) is 17.1 Å². The quantitative estimate of drug-likeness (QED) is 0.729. The van der Waals surface area contributed by atoms with E-state index < -0.39 is 10.0 Å². The molecule has 2 heterocycles. The summed E-state index contributed by atoms with van der Waals surface area (Å²) in [5.74, 6) is 0.149. The van der Waals surface area contributed by atoms with Crippen LogP contribution in [0.5, 0.6) is 5.75 Å². The fraction of sp³-hybridized carbons (Fsp3) is 0.455. The molecule has 1 fully saturated rings. The Morgan fingerprint density at radius 1 is 1.19 bits per heavy atom. The van der Waals surface area contributed by atoms with Gasteiger partial charge in [0.2, 0.25) is 10.0 Å². The Hall–Kier alpha value is -2.65. The lowest BCUT2D eigenvalue weighted by Gasteiger charge is -2.32. The minimum Gasteiger partial charge on any atom is -0.495 e. The Morgan fingerprint density at radius 3 is 2.48 bits per heavy atom. The molecule has 0 aliphatic carbocycles. The number of aromatic nitrogens is 1. The summed E-state index contributed by atoms with van der Waals surface area (Å²) in [5.41, 5.74) is 1.68. The highest BCUT2D eigenvalue weighted by molar-refractivity contribution is 7.89. The van der Waals surface area contributed by atoms with Gasteiger partial charge in [-0.2, -0.15) is 0 Å². The Bertz CT molecular complexity index is 1130. The average molecular weight is 448 g/mol. The van der Waals surface area contributed by atoms with Gasteiger partial charge in [0.05, 0.1) is 7.11 Å². The van der Waals surface area contributed by atoms with Gasteiger partial charge in [-0.05, 0) is 68.0 Å². The number of nitrogens with zero attached hydrogens (tertiary/aromatic N) is 2. The molecule has 0 saturated carbocycles. The molecule has 1 saturated heterocycles. The summed E-state index contributed by atoms with van der Waals surface area (Å²) in [7, 11) is -0.657. The number of ether oxygens (including phenoxy) is 1. The van der Waals surface area contributed by atoms with E-state index in [1.54, 1.807) is 42.4 Å². The molecule has 1 aromatic heterocycles. The van der Waals surface area contributed by atoms with Crippen LogP contribution in [0.15, 0.2) is 40.2 Å². The van der Waals surface area contributed by atoms with Gasteiger partial charge in [0, 0.05) is 32.9 Å². The smallest absolute Gasteiger partial charge is 0.263 e. The third kappa shape index (κ3) is 4.99. The first kappa shape index (κ1) is 23.0. The second-order valence-corrected chi connectivity index (χ2v) is 9.75. The highest BCUT2D eigenvalue weighted by Gasteiger charge is 2.27. The van der Waals surface area contributed by atoms with Crippen molar-refractivity contribution in [3.8, 4) is 5.75 Å². The number of carbonyl (C=O) groups excluding carboxylic acids is 1. The van der Waals surface area contributed by atoms with Gasteiger partial charge >= 0.3 is 0 Å². The number of amides is 1. The summed E-state index contributed by atoms with van der Waals surface area (Å²) in [6.07, 6.45) is 2.93. The second-order valence-electron chi connectivity index (χ2n) is 8.01. The molecule has 168 valence electrons. The van der Waals surface area contributed by atoms with E-state index in [1.807, 2.05) is 13.8 Å². The largest absolute Gasteiger partial charge is 0.495 e. The third-order valence-corrected chi connectivity index (χ3v) is 7.33. The van der Waals surface area contributed by atoms with Crippen LogP contribution in [0.4, 0.5) is 0 Å². The van der Waals surface area contributed by atoms with Gasteiger partial charge in [0.15, 0.2) is 0 Å². The van der Waals surface area contributed by atoms with Crippen molar-refractivity contribution >= 4 is 15.9 Å². The van der Waals surface area contributed by atoms with Crippen LogP contribution < -0.4 is 15.0 Å². The van der Waals surface area contributed by atoms with Crippen LogP contribution in [0.1, 0.15) is 34.3 Å². The molecule has 1 aromatic carbocycles. The summed E-state index contributed by atoms with van der Waals surface area (Å²) in [6.45, 7) is 5.02. The Kier molecular flexibility index (Phi) is 6.86. The van der Waals surface area contributed by atoms with Crippen LogP contribution in [0.2, 0.25) is 0 Å². The number of methoxy groups -OCH3 is 1. The molecule has 2 aromatic rings. The molecule has 0 radical (unpaired) electrons. The van der Waals surface area contributed by atoms with Crippen LogP contribution in [0.3, 0.4) is 0 Å². The number of benzene rings is 1. The zero-order valence-corrected chi connectivity index (χ0v) is 19.2. The number of carbonyl (C=O) groups is 1. The zero-order valence-electron chi connectivity index (χ0n) is 18.3. The Labute approximate surface area is 182 Å². The zero-order chi connectivity index (χ0) is 22.8. The van der Waals surface area contributed by atoms with Crippen molar-refractivity contribution in [2.75, 3.05) is 26.7 Å². The van der Waals surface area contributed by atoms with Crippen LogP contribution in [0.25, 0.3) is 0 Å². The van der Waals surface area contributed by atoms with E-state index in [1.165, 1.54) is 11.7 Å². The van der Waals surface area contributed by atoms with E-state index in [0.717, 1.165) is 11.1 Å². The van der Waals surface area contributed by atoms with Crippen molar-refractivity contribution in [1.82, 2.24) is 14.2 Å². The number of nitrogens with one attached hydrogen (secondary N) is 1. The van der Waals surface area contributed by atoms with Crippen molar-refractivity contribution in [3.63, 3.8) is 0 Å². The molecule has 0 bridgehead atoms. The molecule has 1 amide bonds. The average Bonchev–Trinajstić information content (AvgIpc) is 2.75. The van der Waals surface area contributed by atoms with E-state index >= 15 is 0 Å². The highest BCUT2D eigenvalue weighted by atomic mass is 32.2. The number of hydrogen-bond donors (Lipinski definition) is 1. The maximum absolute atomic E-state index is 12.9. The molecule has 3 rings (SSSR count). The molecule has 0 unspecified atom stereocenters. The first-order chi connectivity index (χ1) is 14.6. The summed E-state index contributed by atoms with van der Waals surface area (Å²) >= 11 is 0. The number of sulfonamides is 1. The molecular formula is C22H29N3O5S. The lowest BCUT2D eigenvalue weighted by molar-refractivity contribution is 0.0689. The lowest BCUT2D eigenvalue weighted by atomic mass is 9.97. The molecule has 1 aliphatic heterocycles. The Morgan fingerprint density at radius 2 is 1.84 bits per heavy atom. The van der Waals surface area contributed by atoms with Crippen LogP contribution >= 0.6 is 0 Å². The Balaban J connectivity index is 1.62. The molecule has 9 heteroatoms. The maximum Gasteiger partial charge on any atom is 0.263 e. The van der Waals surface area contributed by atoms with Gasteiger partial charge in [0.1, 0.15) is 16.2 Å². The van der Waals surface area contributed by atoms with E-state index in [9.17, 15) is 18.0 Å². The van der Waals surface area contributed by atoms with Crippen molar-refractivity contribution in [1.29, 1.82) is 0 Å². The number of likely N-dealkylation sites (tertiary alicyclic amines) is 1. The number of rotatable bonds is 6.